The summed E-state index contributed by atoms with van der Waals surface area (Å²) in [6.45, 7) is 4.12. The molecule has 1 aliphatic rings. The first-order valence-corrected chi connectivity index (χ1v) is 11.3. The van der Waals surface area contributed by atoms with E-state index in [4.69, 9.17) is 9.72 Å². The third-order valence-electron chi connectivity index (χ3n) is 5.90. The molecule has 0 saturated carbocycles. The van der Waals surface area contributed by atoms with Crippen LogP contribution in [0.3, 0.4) is 0 Å². The maximum Gasteiger partial charge on any atom is 0.254 e. The number of ether oxygens (including phenoxy) is 1. The molecule has 1 fully saturated rings. The van der Waals surface area contributed by atoms with Gasteiger partial charge in [0.25, 0.3) is 5.91 Å². The summed E-state index contributed by atoms with van der Waals surface area (Å²) in [5.41, 5.74) is 4.04. The van der Waals surface area contributed by atoms with Gasteiger partial charge in [0.2, 0.25) is 0 Å². The van der Waals surface area contributed by atoms with E-state index in [0.29, 0.717) is 24.5 Å². The van der Waals surface area contributed by atoms with E-state index in [1.807, 2.05) is 36.2 Å². The average Bonchev–Trinajstić information content (AvgIpc) is 2.85. The molecular formula is C26H30N4O2. The lowest BCUT2D eigenvalue weighted by Gasteiger charge is -2.32. The molecule has 1 aromatic carbocycles. The maximum atomic E-state index is 13.0. The molecule has 0 spiro atoms. The minimum absolute atomic E-state index is 0.0535. The molecule has 1 aliphatic heterocycles. The summed E-state index contributed by atoms with van der Waals surface area (Å²) in [6.07, 6.45) is 6.44. The lowest BCUT2D eigenvalue weighted by Crippen LogP contribution is -2.39. The van der Waals surface area contributed by atoms with Gasteiger partial charge in [0.1, 0.15) is 11.6 Å². The summed E-state index contributed by atoms with van der Waals surface area (Å²) in [7, 11) is 1.80. The van der Waals surface area contributed by atoms with Crippen molar-refractivity contribution in [2.75, 3.05) is 32.1 Å². The highest BCUT2D eigenvalue weighted by Gasteiger charge is 2.26. The zero-order valence-corrected chi connectivity index (χ0v) is 18.8. The number of amides is 1. The van der Waals surface area contributed by atoms with Crippen molar-refractivity contribution in [1.29, 1.82) is 0 Å². The van der Waals surface area contributed by atoms with Gasteiger partial charge in [0.15, 0.2) is 0 Å². The van der Waals surface area contributed by atoms with Gasteiger partial charge >= 0.3 is 0 Å². The van der Waals surface area contributed by atoms with Gasteiger partial charge in [0, 0.05) is 56.1 Å². The molecule has 4 rings (SSSR count). The van der Waals surface area contributed by atoms with Crippen LogP contribution < -0.4 is 10.1 Å². The number of likely N-dealkylation sites (tertiary alicyclic amines) is 1. The van der Waals surface area contributed by atoms with Gasteiger partial charge in [-0.15, -0.1) is 0 Å². The number of hydrogen-bond donors (Lipinski definition) is 1. The molecule has 166 valence electrons. The van der Waals surface area contributed by atoms with Crippen LogP contribution in [0.25, 0.3) is 0 Å². The van der Waals surface area contributed by atoms with Crippen molar-refractivity contribution in [3.63, 3.8) is 0 Å². The van der Waals surface area contributed by atoms with Crippen LogP contribution in [0.2, 0.25) is 0 Å². The average molecular weight is 431 g/mol. The van der Waals surface area contributed by atoms with E-state index in [-0.39, 0.29) is 11.8 Å². The van der Waals surface area contributed by atoms with Crippen molar-refractivity contribution in [2.45, 2.75) is 32.1 Å². The summed E-state index contributed by atoms with van der Waals surface area (Å²) in [5, 5.41) is 2.99. The van der Waals surface area contributed by atoms with Crippen LogP contribution in [0.4, 0.5) is 5.82 Å². The van der Waals surface area contributed by atoms with E-state index in [0.717, 1.165) is 48.4 Å². The predicted octanol–water partition coefficient (Wildman–Crippen LogP) is 4.53. The minimum Gasteiger partial charge on any atom is -0.494 e. The van der Waals surface area contributed by atoms with E-state index in [9.17, 15) is 4.79 Å². The monoisotopic (exact) mass is 430 g/mol. The molecular weight excluding hydrogens is 400 g/mol. The van der Waals surface area contributed by atoms with Gasteiger partial charge in [-0.25, -0.2) is 4.98 Å². The van der Waals surface area contributed by atoms with Crippen molar-refractivity contribution in [3.05, 3.63) is 83.3 Å². The normalized spacial score (nSPS) is 15.9. The van der Waals surface area contributed by atoms with Crippen LogP contribution in [0.1, 0.15) is 52.9 Å². The van der Waals surface area contributed by atoms with Gasteiger partial charge in [-0.3, -0.25) is 9.78 Å². The Hall–Kier alpha value is -3.41. The Balaban J connectivity index is 1.43. The van der Waals surface area contributed by atoms with Crippen molar-refractivity contribution >= 4 is 11.7 Å². The number of nitrogens with one attached hydrogen (secondary N) is 1. The van der Waals surface area contributed by atoms with E-state index < -0.39 is 0 Å². The number of aromatic nitrogens is 2. The number of anilines is 1. The zero-order chi connectivity index (χ0) is 22.3. The van der Waals surface area contributed by atoms with Gasteiger partial charge in [0.05, 0.1) is 6.61 Å². The molecule has 6 nitrogen and oxygen atoms in total. The van der Waals surface area contributed by atoms with Crippen molar-refractivity contribution in [3.8, 4) is 5.75 Å². The molecule has 0 bridgehead atoms. The Morgan fingerprint density at radius 2 is 2.06 bits per heavy atom. The third-order valence-corrected chi connectivity index (χ3v) is 5.90. The number of benzene rings is 1. The minimum atomic E-state index is 0.0535. The molecule has 0 aliphatic carbocycles. The highest BCUT2D eigenvalue weighted by atomic mass is 16.5. The Morgan fingerprint density at radius 1 is 1.19 bits per heavy atom. The molecule has 1 saturated heterocycles. The van der Waals surface area contributed by atoms with Crippen LogP contribution >= 0.6 is 0 Å². The second kappa shape index (κ2) is 10.3. The SMILES string of the molecule is CCOc1ccccc1Cc1ccc(C2CCCN(C(=O)c3ccnc(NC)c3)C2)nc1. The fraction of sp³-hybridized carbons (Fsp3) is 0.346. The maximum absolute atomic E-state index is 13.0. The molecule has 1 atom stereocenters. The smallest absolute Gasteiger partial charge is 0.254 e. The summed E-state index contributed by atoms with van der Waals surface area (Å²) in [6, 6.07) is 16.0. The molecule has 6 heteroatoms. The number of carbonyl (C=O) groups excluding carboxylic acids is 1. The highest BCUT2D eigenvalue weighted by Crippen LogP contribution is 2.28. The van der Waals surface area contributed by atoms with Gasteiger partial charge in [-0.2, -0.15) is 0 Å². The summed E-state index contributed by atoms with van der Waals surface area (Å²) >= 11 is 0. The summed E-state index contributed by atoms with van der Waals surface area (Å²) in [5.74, 6) is 1.94. The second-order valence-corrected chi connectivity index (χ2v) is 8.08. The Labute approximate surface area is 189 Å². The Morgan fingerprint density at radius 3 is 2.84 bits per heavy atom. The van der Waals surface area contributed by atoms with E-state index in [2.05, 4.69) is 28.5 Å². The first-order valence-electron chi connectivity index (χ1n) is 11.3. The number of rotatable bonds is 7. The highest BCUT2D eigenvalue weighted by molar-refractivity contribution is 5.95. The molecule has 2 aromatic heterocycles. The third kappa shape index (κ3) is 5.07. The van der Waals surface area contributed by atoms with Crippen LogP contribution in [-0.2, 0) is 6.42 Å². The predicted molar refractivity (Wildman–Crippen MR) is 126 cm³/mol. The molecule has 3 heterocycles. The van der Waals surface area contributed by atoms with E-state index in [1.54, 1.807) is 25.4 Å². The first kappa shape index (κ1) is 21.8. The zero-order valence-electron chi connectivity index (χ0n) is 18.8. The number of para-hydroxylation sites is 1. The summed E-state index contributed by atoms with van der Waals surface area (Å²) in [4.78, 5) is 23.9. The summed E-state index contributed by atoms with van der Waals surface area (Å²) < 4.78 is 5.75. The molecule has 1 amide bonds. The van der Waals surface area contributed by atoms with Crippen LogP contribution in [0, 0.1) is 0 Å². The molecule has 1 N–H and O–H groups in total. The van der Waals surface area contributed by atoms with E-state index >= 15 is 0 Å². The van der Waals surface area contributed by atoms with Crippen LogP contribution in [0.15, 0.2) is 60.9 Å². The van der Waals surface area contributed by atoms with Crippen molar-refractivity contribution in [1.82, 2.24) is 14.9 Å². The van der Waals surface area contributed by atoms with Crippen LogP contribution in [-0.4, -0.2) is 47.5 Å². The second-order valence-electron chi connectivity index (χ2n) is 8.08. The largest absolute Gasteiger partial charge is 0.494 e. The quantitative estimate of drug-likeness (QED) is 0.597. The fourth-order valence-electron chi connectivity index (χ4n) is 4.23. The van der Waals surface area contributed by atoms with Gasteiger partial charge in [-0.1, -0.05) is 24.3 Å². The molecule has 3 aromatic rings. The molecule has 1 unspecified atom stereocenters. The fourth-order valence-corrected chi connectivity index (χ4v) is 4.23. The number of carbonyl (C=O) groups is 1. The van der Waals surface area contributed by atoms with Crippen molar-refractivity contribution < 1.29 is 9.53 Å². The topological polar surface area (TPSA) is 67.3 Å². The first-order chi connectivity index (χ1) is 15.7. The molecule has 32 heavy (non-hydrogen) atoms. The standard InChI is InChI=1S/C26H30N4O2/c1-3-32-24-9-5-4-7-20(24)15-19-10-11-23(29-17-19)22-8-6-14-30(18-22)26(31)21-12-13-28-25(16-21)27-2/h4-5,7,9-13,16-17,22H,3,6,8,14-15,18H2,1-2H3,(H,27,28). The molecule has 0 radical (unpaired) electrons. The number of nitrogens with zero attached hydrogens (tertiary/aromatic N) is 3. The number of hydrogen-bond acceptors (Lipinski definition) is 5. The van der Waals surface area contributed by atoms with Gasteiger partial charge < -0.3 is 15.0 Å². The van der Waals surface area contributed by atoms with E-state index in [1.165, 1.54) is 0 Å². The van der Waals surface area contributed by atoms with Crippen molar-refractivity contribution in [2.24, 2.45) is 0 Å². The lowest BCUT2D eigenvalue weighted by atomic mass is 9.93. The van der Waals surface area contributed by atoms with Gasteiger partial charge in [-0.05, 0) is 55.2 Å². The van der Waals surface area contributed by atoms with Crippen LogP contribution in [0.5, 0.6) is 5.75 Å². The lowest BCUT2D eigenvalue weighted by molar-refractivity contribution is 0.0706. The number of pyridine rings is 2. The Bertz CT molecular complexity index is 1050. The Kier molecular flexibility index (Phi) is 7.00. The number of piperidine rings is 1.